The lowest BCUT2D eigenvalue weighted by Gasteiger charge is -2.14. The van der Waals surface area contributed by atoms with Crippen LogP contribution in [0.15, 0.2) is 18.2 Å². The van der Waals surface area contributed by atoms with Crippen molar-refractivity contribution in [2.45, 2.75) is 12.5 Å². The number of hydrogen-bond acceptors (Lipinski definition) is 5. The Balaban J connectivity index is 2.19. The second-order valence-electron chi connectivity index (χ2n) is 3.79. The van der Waals surface area contributed by atoms with Crippen LogP contribution in [0.1, 0.15) is 17.4 Å². The minimum absolute atomic E-state index is 0.0554. The highest BCUT2D eigenvalue weighted by molar-refractivity contribution is 6.30. The summed E-state index contributed by atoms with van der Waals surface area (Å²) in [4.78, 5) is 1.36. The van der Waals surface area contributed by atoms with Crippen molar-refractivity contribution in [1.29, 1.82) is 0 Å². The fourth-order valence-corrected chi connectivity index (χ4v) is 1.78. The second kappa shape index (κ2) is 5.38. The van der Waals surface area contributed by atoms with Crippen LogP contribution in [-0.4, -0.2) is 20.2 Å². The number of nitrogens with two attached hydrogens (primary N) is 1. The van der Waals surface area contributed by atoms with Crippen molar-refractivity contribution < 1.29 is 4.39 Å². The summed E-state index contributed by atoms with van der Waals surface area (Å²) < 4.78 is 13.1. The molecule has 0 fully saturated rings. The van der Waals surface area contributed by atoms with Crippen molar-refractivity contribution in [1.82, 2.24) is 25.6 Å². The van der Waals surface area contributed by atoms with Crippen molar-refractivity contribution in [3.8, 4) is 0 Å². The first-order valence-corrected chi connectivity index (χ1v) is 5.62. The first-order chi connectivity index (χ1) is 8.60. The van der Waals surface area contributed by atoms with Crippen LogP contribution in [0.3, 0.4) is 0 Å². The molecule has 0 aliphatic rings. The van der Waals surface area contributed by atoms with Crippen LogP contribution in [-0.2, 0) is 13.5 Å². The van der Waals surface area contributed by atoms with Gasteiger partial charge >= 0.3 is 0 Å². The molecule has 96 valence electrons. The highest BCUT2D eigenvalue weighted by atomic mass is 35.5. The van der Waals surface area contributed by atoms with Crippen LogP contribution in [0.4, 0.5) is 4.39 Å². The molecule has 3 N–H and O–H groups in total. The third-order valence-electron chi connectivity index (χ3n) is 2.48. The Hall–Kier alpha value is -1.57. The van der Waals surface area contributed by atoms with E-state index in [4.69, 9.17) is 17.4 Å². The number of tetrazole rings is 1. The van der Waals surface area contributed by atoms with E-state index in [0.29, 0.717) is 12.2 Å². The summed E-state index contributed by atoms with van der Waals surface area (Å²) in [5.41, 5.74) is 3.39. The summed E-state index contributed by atoms with van der Waals surface area (Å²) in [5, 5.41) is 11.7. The highest BCUT2D eigenvalue weighted by Crippen LogP contribution is 2.22. The van der Waals surface area contributed by atoms with Gasteiger partial charge in [-0.1, -0.05) is 17.7 Å². The molecule has 8 heteroatoms. The Labute approximate surface area is 108 Å². The molecule has 1 atom stereocenters. The number of nitrogens with zero attached hydrogens (tertiary/aromatic N) is 4. The normalized spacial score (nSPS) is 12.7. The predicted octanol–water partition coefficient (Wildman–Crippen LogP) is 0.750. The Morgan fingerprint density at radius 2 is 2.33 bits per heavy atom. The van der Waals surface area contributed by atoms with E-state index in [-0.39, 0.29) is 11.1 Å². The van der Waals surface area contributed by atoms with Gasteiger partial charge in [0.2, 0.25) is 0 Å². The highest BCUT2D eigenvalue weighted by Gasteiger charge is 2.15. The van der Waals surface area contributed by atoms with E-state index in [1.807, 2.05) is 0 Å². The van der Waals surface area contributed by atoms with E-state index in [9.17, 15) is 4.39 Å². The molecule has 1 unspecified atom stereocenters. The number of halogens is 2. The molecule has 1 aromatic carbocycles. The van der Waals surface area contributed by atoms with Gasteiger partial charge in [-0.05, 0) is 22.9 Å². The third kappa shape index (κ3) is 2.81. The lowest BCUT2D eigenvalue weighted by Crippen LogP contribution is -2.30. The van der Waals surface area contributed by atoms with Crippen molar-refractivity contribution >= 4 is 11.6 Å². The number of aromatic nitrogens is 4. The summed E-state index contributed by atoms with van der Waals surface area (Å²) in [6.07, 6.45) is 0.437. The van der Waals surface area contributed by atoms with Gasteiger partial charge in [-0.25, -0.2) is 4.39 Å². The van der Waals surface area contributed by atoms with Crippen LogP contribution >= 0.6 is 11.6 Å². The molecule has 0 saturated heterocycles. The van der Waals surface area contributed by atoms with E-state index in [2.05, 4.69) is 20.8 Å². The monoisotopic (exact) mass is 270 g/mol. The molecule has 0 aliphatic heterocycles. The maximum absolute atomic E-state index is 13.1. The van der Waals surface area contributed by atoms with E-state index >= 15 is 0 Å². The van der Waals surface area contributed by atoms with Crippen LogP contribution in [0.2, 0.25) is 5.02 Å². The average molecular weight is 271 g/mol. The second-order valence-corrected chi connectivity index (χ2v) is 4.20. The van der Waals surface area contributed by atoms with E-state index < -0.39 is 5.82 Å². The van der Waals surface area contributed by atoms with E-state index in [0.717, 1.165) is 5.56 Å². The summed E-state index contributed by atoms with van der Waals surface area (Å²) in [6.45, 7) is 0. The Morgan fingerprint density at radius 1 is 1.56 bits per heavy atom. The van der Waals surface area contributed by atoms with Crippen molar-refractivity contribution in [2.24, 2.45) is 12.9 Å². The van der Waals surface area contributed by atoms with Gasteiger partial charge in [0.1, 0.15) is 5.82 Å². The van der Waals surface area contributed by atoms with Crippen LogP contribution in [0.5, 0.6) is 0 Å². The smallest absolute Gasteiger partial charge is 0.176 e. The van der Waals surface area contributed by atoms with Gasteiger partial charge < -0.3 is 0 Å². The van der Waals surface area contributed by atoms with E-state index in [1.54, 1.807) is 13.1 Å². The maximum atomic E-state index is 13.1. The van der Waals surface area contributed by atoms with Gasteiger partial charge in [-0.3, -0.25) is 11.3 Å². The Kier molecular flexibility index (Phi) is 3.85. The standard InChI is InChI=1S/C10H12ClFN6/c1-18-16-10(15-17-18)5-9(14-13)6-2-3-8(12)7(11)4-6/h2-4,9,14H,5,13H2,1H3. The molecule has 6 nitrogen and oxygen atoms in total. The molecular formula is C10H12ClFN6. The molecule has 2 rings (SSSR count). The topological polar surface area (TPSA) is 81.7 Å². The third-order valence-corrected chi connectivity index (χ3v) is 2.77. The van der Waals surface area contributed by atoms with Crippen LogP contribution in [0.25, 0.3) is 0 Å². The molecule has 1 heterocycles. The molecule has 18 heavy (non-hydrogen) atoms. The molecule has 0 spiro atoms. The van der Waals surface area contributed by atoms with Gasteiger partial charge in [-0.2, -0.15) is 4.80 Å². The Morgan fingerprint density at radius 3 is 2.89 bits per heavy atom. The van der Waals surface area contributed by atoms with Gasteiger partial charge in [0.25, 0.3) is 0 Å². The van der Waals surface area contributed by atoms with Gasteiger partial charge in [-0.15, -0.1) is 10.2 Å². The molecule has 0 bridgehead atoms. The number of hydrogen-bond donors (Lipinski definition) is 2. The molecule has 1 aromatic heterocycles. The molecule has 0 aliphatic carbocycles. The zero-order valence-electron chi connectivity index (χ0n) is 9.64. The SMILES string of the molecule is Cn1nnc(CC(NN)c2ccc(F)c(Cl)c2)n1. The Bertz CT molecular complexity index is 543. The average Bonchev–Trinajstić information content (AvgIpc) is 2.75. The molecular weight excluding hydrogens is 259 g/mol. The minimum atomic E-state index is -0.464. The quantitative estimate of drug-likeness (QED) is 0.633. The minimum Gasteiger partial charge on any atom is -0.271 e. The van der Waals surface area contributed by atoms with E-state index in [1.165, 1.54) is 16.9 Å². The zero-order chi connectivity index (χ0) is 13.1. The number of rotatable bonds is 4. The fourth-order valence-electron chi connectivity index (χ4n) is 1.59. The summed E-state index contributed by atoms with van der Waals surface area (Å²) in [5.74, 6) is 5.56. The maximum Gasteiger partial charge on any atom is 0.176 e. The van der Waals surface area contributed by atoms with Crippen molar-refractivity contribution in [2.75, 3.05) is 0 Å². The molecule has 2 aromatic rings. The summed E-state index contributed by atoms with van der Waals surface area (Å²) in [6, 6.07) is 4.18. The van der Waals surface area contributed by atoms with Gasteiger partial charge in [0.15, 0.2) is 5.82 Å². The predicted molar refractivity (Wildman–Crippen MR) is 64.0 cm³/mol. The van der Waals surface area contributed by atoms with Crippen LogP contribution < -0.4 is 11.3 Å². The lowest BCUT2D eigenvalue weighted by atomic mass is 10.0. The van der Waals surface area contributed by atoms with Crippen LogP contribution in [0, 0.1) is 5.82 Å². The summed E-state index contributed by atoms with van der Waals surface area (Å²) in [7, 11) is 1.68. The first-order valence-electron chi connectivity index (χ1n) is 5.24. The molecule has 0 saturated carbocycles. The molecule has 0 amide bonds. The number of aryl methyl sites for hydroxylation is 1. The summed E-state index contributed by atoms with van der Waals surface area (Å²) >= 11 is 5.73. The van der Waals surface area contributed by atoms with Crippen molar-refractivity contribution in [3.63, 3.8) is 0 Å². The van der Waals surface area contributed by atoms with Gasteiger partial charge in [0, 0.05) is 6.42 Å². The fraction of sp³-hybridized carbons (Fsp3) is 0.300. The zero-order valence-corrected chi connectivity index (χ0v) is 10.4. The number of hydrazine groups is 1. The molecule has 0 radical (unpaired) electrons. The number of benzene rings is 1. The van der Waals surface area contributed by atoms with Crippen molar-refractivity contribution in [3.05, 3.63) is 40.4 Å². The first kappa shape index (κ1) is 12.9. The van der Waals surface area contributed by atoms with Gasteiger partial charge in [0.05, 0.1) is 18.1 Å². The largest absolute Gasteiger partial charge is 0.271 e. The lowest BCUT2D eigenvalue weighted by molar-refractivity contribution is 0.534. The number of nitrogens with one attached hydrogen (secondary N) is 1.